The summed E-state index contributed by atoms with van der Waals surface area (Å²) in [5.41, 5.74) is 5.95. The van der Waals surface area contributed by atoms with Crippen LogP contribution in [0.4, 0.5) is 4.79 Å². The first-order chi connectivity index (χ1) is 9.38. The van der Waals surface area contributed by atoms with Crippen LogP contribution in [0.5, 0.6) is 0 Å². The number of pyridine rings is 1. The van der Waals surface area contributed by atoms with E-state index in [1.807, 2.05) is 0 Å². The molecule has 7 heteroatoms. The second kappa shape index (κ2) is 6.74. The first-order valence-electron chi connectivity index (χ1n) is 6.18. The Balaban J connectivity index is 3.12. The number of amides is 1. The number of esters is 1. The number of carbonyl (C=O) groups excluding carboxylic acids is 2. The lowest BCUT2D eigenvalue weighted by atomic mass is 10.1. The average molecular weight is 282 g/mol. The molecule has 7 nitrogen and oxygen atoms in total. The maximum absolute atomic E-state index is 11.9. The van der Waals surface area contributed by atoms with E-state index in [0.717, 1.165) is 0 Å². The van der Waals surface area contributed by atoms with Gasteiger partial charge in [-0.2, -0.15) is 0 Å². The number of hydrogen-bond donors (Lipinski definition) is 1. The summed E-state index contributed by atoms with van der Waals surface area (Å²) in [4.78, 5) is 34.3. The van der Waals surface area contributed by atoms with Crippen LogP contribution in [0.15, 0.2) is 10.9 Å². The number of nitrogens with zero attached hydrogens (tertiary/aromatic N) is 1. The summed E-state index contributed by atoms with van der Waals surface area (Å²) >= 11 is 0. The number of carbonyl (C=O) groups is 2. The molecule has 0 radical (unpaired) electrons. The molecule has 0 spiro atoms. The van der Waals surface area contributed by atoms with Gasteiger partial charge in [-0.25, -0.2) is 9.59 Å². The van der Waals surface area contributed by atoms with Gasteiger partial charge in [-0.3, -0.25) is 4.79 Å². The normalized spacial score (nSPS) is 10.2. The van der Waals surface area contributed by atoms with Crippen LogP contribution < -0.4 is 11.3 Å². The second-order valence-corrected chi connectivity index (χ2v) is 4.17. The van der Waals surface area contributed by atoms with Gasteiger partial charge in [-0.1, -0.05) is 0 Å². The highest BCUT2D eigenvalue weighted by molar-refractivity contribution is 5.92. The molecular weight excluding hydrogens is 264 g/mol. The van der Waals surface area contributed by atoms with Crippen molar-refractivity contribution in [1.29, 1.82) is 0 Å². The summed E-state index contributed by atoms with van der Waals surface area (Å²) in [5.74, 6) is -0.480. The molecule has 0 aliphatic rings. The highest BCUT2D eigenvalue weighted by atomic mass is 16.5. The lowest BCUT2D eigenvalue weighted by Crippen LogP contribution is -2.28. The molecule has 0 atom stereocenters. The number of aromatic nitrogens is 1. The average Bonchev–Trinajstić information content (AvgIpc) is 2.33. The molecule has 0 aliphatic heterocycles. The van der Waals surface area contributed by atoms with Crippen LogP contribution in [-0.4, -0.2) is 29.8 Å². The number of primary amides is 1. The van der Waals surface area contributed by atoms with Crippen LogP contribution in [0.1, 0.15) is 28.5 Å². The fraction of sp³-hybridized carbons (Fsp3) is 0.462. The largest absolute Gasteiger partial charge is 0.462 e. The third-order valence-corrected chi connectivity index (χ3v) is 2.81. The van der Waals surface area contributed by atoms with Gasteiger partial charge in [0.2, 0.25) is 0 Å². The third-order valence-electron chi connectivity index (χ3n) is 2.81. The first kappa shape index (κ1) is 15.7. The van der Waals surface area contributed by atoms with Gasteiger partial charge in [-0.05, 0) is 26.3 Å². The summed E-state index contributed by atoms with van der Waals surface area (Å²) in [6.45, 7) is 5.36. The fourth-order valence-corrected chi connectivity index (χ4v) is 1.95. The van der Waals surface area contributed by atoms with Crippen molar-refractivity contribution in [1.82, 2.24) is 4.57 Å². The van der Waals surface area contributed by atoms with E-state index < -0.39 is 12.1 Å². The van der Waals surface area contributed by atoms with Gasteiger partial charge in [-0.15, -0.1) is 0 Å². The Bertz CT molecular complexity index is 577. The van der Waals surface area contributed by atoms with Crippen LogP contribution in [0.2, 0.25) is 0 Å². The van der Waals surface area contributed by atoms with Crippen molar-refractivity contribution in [2.75, 3.05) is 13.2 Å². The van der Waals surface area contributed by atoms with E-state index in [2.05, 4.69) is 4.74 Å². The maximum Gasteiger partial charge on any atom is 0.404 e. The molecule has 20 heavy (non-hydrogen) atoms. The monoisotopic (exact) mass is 282 g/mol. The molecule has 1 heterocycles. The van der Waals surface area contributed by atoms with Gasteiger partial charge in [0.1, 0.15) is 6.61 Å². The Labute approximate surface area is 116 Å². The molecule has 0 unspecified atom stereocenters. The molecule has 0 saturated heterocycles. The maximum atomic E-state index is 11.9. The number of rotatable bonds is 5. The molecule has 1 rings (SSSR count). The Morgan fingerprint density at radius 1 is 1.30 bits per heavy atom. The van der Waals surface area contributed by atoms with Crippen LogP contribution in [0.25, 0.3) is 0 Å². The van der Waals surface area contributed by atoms with E-state index >= 15 is 0 Å². The standard InChI is InChI=1S/C13H18N2O5/c1-4-19-12(17)11-8(2)7-10(16)15(9(11)3)5-6-20-13(14)18/h7H,4-6H2,1-3H3,(H2,14,18). The van der Waals surface area contributed by atoms with E-state index in [1.165, 1.54) is 10.6 Å². The van der Waals surface area contributed by atoms with Crippen molar-refractivity contribution in [2.24, 2.45) is 5.73 Å². The zero-order valence-electron chi connectivity index (χ0n) is 11.8. The van der Waals surface area contributed by atoms with E-state index in [-0.39, 0.29) is 25.3 Å². The van der Waals surface area contributed by atoms with Crippen molar-refractivity contribution in [3.63, 3.8) is 0 Å². The minimum Gasteiger partial charge on any atom is -0.462 e. The molecule has 0 aliphatic carbocycles. The highest BCUT2D eigenvalue weighted by Crippen LogP contribution is 2.13. The molecule has 0 aromatic carbocycles. The van der Waals surface area contributed by atoms with Crippen molar-refractivity contribution in [3.05, 3.63) is 33.2 Å². The minimum absolute atomic E-state index is 0.0403. The van der Waals surface area contributed by atoms with Gasteiger partial charge in [0.05, 0.1) is 18.7 Å². The van der Waals surface area contributed by atoms with Gasteiger partial charge in [0.25, 0.3) is 5.56 Å². The minimum atomic E-state index is -0.909. The van der Waals surface area contributed by atoms with E-state index in [4.69, 9.17) is 10.5 Å². The van der Waals surface area contributed by atoms with E-state index in [0.29, 0.717) is 16.8 Å². The Morgan fingerprint density at radius 3 is 2.50 bits per heavy atom. The number of nitrogens with two attached hydrogens (primary N) is 1. The lowest BCUT2D eigenvalue weighted by molar-refractivity contribution is 0.0522. The summed E-state index contributed by atoms with van der Waals surface area (Å²) in [6, 6.07) is 1.35. The molecule has 0 bridgehead atoms. The number of hydrogen-bond acceptors (Lipinski definition) is 5. The molecule has 0 fully saturated rings. The van der Waals surface area contributed by atoms with E-state index in [1.54, 1.807) is 20.8 Å². The Hall–Kier alpha value is -2.31. The topological polar surface area (TPSA) is 101 Å². The van der Waals surface area contributed by atoms with Gasteiger partial charge >= 0.3 is 12.1 Å². The summed E-state index contributed by atoms with van der Waals surface area (Å²) in [5, 5.41) is 0. The number of aryl methyl sites for hydroxylation is 1. The predicted molar refractivity (Wildman–Crippen MR) is 71.7 cm³/mol. The SMILES string of the molecule is CCOC(=O)c1c(C)cc(=O)n(CCOC(N)=O)c1C. The van der Waals surface area contributed by atoms with Crippen molar-refractivity contribution in [2.45, 2.75) is 27.3 Å². The van der Waals surface area contributed by atoms with Gasteiger partial charge < -0.3 is 19.8 Å². The third kappa shape index (κ3) is 3.59. The predicted octanol–water partition coefficient (Wildman–Crippen LogP) is 0.737. The first-order valence-corrected chi connectivity index (χ1v) is 6.18. The van der Waals surface area contributed by atoms with E-state index in [9.17, 15) is 14.4 Å². The summed E-state index contributed by atoms with van der Waals surface area (Å²) in [7, 11) is 0. The fourth-order valence-electron chi connectivity index (χ4n) is 1.95. The molecule has 0 saturated carbocycles. The smallest absolute Gasteiger partial charge is 0.404 e. The summed E-state index contributed by atoms with van der Waals surface area (Å²) in [6.07, 6.45) is -0.909. The lowest BCUT2D eigenvalue weighted by Gasteiger charge is -2.15. The van der Waals surface area contributed by atoms with Crippen molar-refractivity contribution in [3.8, 4) is 0 Å². The number of ether oxygens (including phenoxy) is 2. The van der Waals surface area contributed by atoms with Gasteiger partial charge in [0, 0.05) is 11.8 Å². The van der Waals surface area contributed by atoms with Crippen molar-refractivity contribution < 1.29 is 19.1 Å². The molecule has 1 amide bonds. The van der Waals surface area contributed by atoms with Crippen LogP contribution in [0.3, 0.4) is 0 Å². The molecule has 1 aromatic heterocycles. The Morgan fingerprint density at radius 2 is 1.95 bits per heavy atom. The molecule has 1 aromatic rings. The highest BCUT2D eigenvalue weighted by Gasteiger charge is 2.17. The van der Waals surface area contributed by atoms with Crippen LogP contribution >= 0.6 is 0 Å². The summed E-state index contributed by atoms with van der Waals surface area (Å²) < 4.78 is 10.9. The van der Waals surface area contributed by atoms with Gasteiger partial charge in [0.15, 0.2) is 0 Å². The molecule has 110 valence electrons. The second-order valence-electron chi connectivity index (χ2n) is 4.17. The van der Waals surface area contributed by atoms with Crippen molar-refractivity contribution >= 4 is 12.1 Å². The Kier molecular flexibility index (Phi) is 5.31. The zero-order chi connectivity index (χ0) is 15.3. The molecular formula is C13H18N2O5. The van der Waals surface area contributed by atoms with Crippen LogP contribution in [-0.2, 0) is 16.0 Å². The zero-order valence-corrected chi connectivity index (χ0v) is 11.8. The van der Waals surface area contributed by atoms with Crippen LogP contribution in [0, 0.1) is 13.8 Å². The molecule has 2 N–H and O–H groups in total. The quantitative estimate of drug-likeness (QED) is 0.803.